The molecule has 1 rings (SSSR count). The first-order chi connectivity index (χ1) is 7.41. The van der Waals surface area contributed by atoms with Crippen LogP contribution in [0.1, 0.15) is 20.3 Å². The number of hydrogen-bond acceptors (Lipinski definition) is 3. The summed E-state index contributed by atoms with van der Waals surface area (Å²) in [5.41, 5.74) is -0.817. The molecule has 0 saturated carbocycles. The molecule has 1 aliphatic rings. The van der Waals surface area contributed by atoms with Gasteiger partial charge >= 0.3 is 5.97 Å². The third-order valence-electron chi connectivity index (χ3n) is 3.46. The maximum atomic E-state index is 11.7. The van der Waals surface area contributed by atoms with Crippen molar-refractivity contribution in [3.8, 4) is 0 Å². The highest BCUT2D eigenvalue weighted by Gasteiger charge is 2.47. The molecular weight excluding hydrogens is 210 g/mol. The second kappa shape index (κ2) is 4.82. The lowest BCUT2D eigenvalue weighted by atomic mass is 9.81. The van der Waals surface area contributed by atoms with E-state index in [1.807, 2.05) is 6.92 Å². The van der Waals surface area contributed by atoms with Gasteiger partial charge in [0.25, 0.3) is 0 Å². The van der Waals surface area contributed by atoms with Gasteiger partial charge in [-0.25, -0.2) is 0 Å². The molecule has 1 heterocycles. The fourth-order valence-corrected chi connectivity index (χ4v) is 1.96. The molecule has 5 nitrogen and oxygen atoms in total. The van der Waals surface area contributed by atoms with Crippen molar-refractivity contribution in [1.29, 1.82) is 0 Å². The molecule has 16 heavy (non-hydrogen) atoms. The highest BCUT2D eigenvalue weighted by Crippen LogP contribution is 2.35. The lowest BCUT2D eigenvalue weighted by Gasteiger charge is -2.22. The number of carboxylic acids is 1. The molecule has 1 N–H and O–H groups in total. The van der Waals surface area contributed by atoms with Crippen molar-refractivity contribution < 1.29 is 19.4 Å². The predicted octanol–water partition coefficient (Wildman–Crippen LogP) is 0.592. The van der Waals surface area contributed by atoms with Crippen LogP contribution in [0.5, 0.6) is 0 Å². The van der Waals surface area contributed by atoms with Crippen LogP contribution in [0, 0.1) is 11.3 Å². The zero-order valence-electron chi connectivity index (χ0n) is 10.0. The summed E-state index contributed by atoms with van der Waals surface area (Å²) in [6.45, 7) is 4.77. The average molecular weight is 229 g/mol. The van der Waals surface area contributed by atoms with Gasteiger partial charge in [-0.3, -0.25) is 9.59 Å². The van der Waals surface area contributed by atoms with E-state index in [-0.39, 0.29) is 11.8 Å². The maximum absolute atomic E-state index is 11.7. The molecule has 92 valence electrons. The first-order valence-corrected chi connectivity index (χ1v) is 5.42. The quantitative estimate of drug-likeness (QED) is 0.766. The van der Waals surface area contributed by atoms with Crippen molar-refractivity contribution in [2.45, 2.75) is 20.3 Å². The van der Waals surface area contributed by atoms with Gasteiger partial charge in [-0.1, -0.05) is 6.92 Å². The van der Waals surface area contributed by atoms with E-state index in [9.17, 15) is 9.59 Å². The lowest BCUT2D eigenvalue weighted by Crippen LogP contribution is -2.36. The lowest BCUT2D eigenvalue weighted by molar-refractivity contribution is -0.149. The molecule has 1 saturated heterocycles. The summed E-state index contributed by atoms with van der Waals surface area (Å²) in [6, 6.07) is 0. The smallest absolute Gasteiger partial charge is 0.311 e. The van der Waals surface area contributed by atoms with Gasteiger partial charge < -0.3 is 14.7 Å². The van der Waals surface area contributed by atoms with Crippen LogP contribution in [0.4, 0.5) is 0 Å². The third-order valence-corrected chi connectivity index (χ3v) is 3.46. The Balaban J connectivity index is 2.62. The van der Waals surface area contributed by atoms with Crippen molar-refractivity contribution in [2.24, 2.45) is 11.3 Å². The first kappa shape index (κ1) is 13.0. The van der Waals surface area contributed by atoms with Crippen molar-refractivity contribution in [2.75, 3.05) is 26.8 Å². The Morgan fingerprint density at radius 3 is 2.62 bits per heavy atom. The van der Waals surface area contributed by atoms with Crippen LogP contribution in [0.25, 0.3) is 0 Å². The monoisotopic (exact) mass is 229 g/mol. The number of ether oxygens (including phenoxy) is 1. The molecular formula is C11H19NO4. The van der Waals surface area contributed by atoms with E-state index in [4.69, 9.17) is 9.84 Å². The number of methoxy groups -OCH3 is 1. The SMILES string of the molecule is COCCC(=O)N1C[C@@H](C)[C@](C)(C(=O)O)C1. The van der Waals surface area contributed by atoms with E-state index in [0.29, 0.717) is 26.1 Å². The molecule has 0 unspecified atom stereocenters. The molecule has 5 heteroatoms. The van der Waals surface area contributed by atoms with Crippen LogP contribution in [-0.2, 0) is 14.3 Å². The molecule has 0 spiro atoms. The van der Waals surface area contributed by atoms with Crippen LogP contribution in [0.3, 0.4) is 0 Å². The molecule has 0 aromatic rings. The number of carbonyl (C=O) groups excluding carboxylic acids is 1. The minimum Gasteiger partial charge on any atom is -0.481 e. The highest BCUT2D eigenvalue weighted by atomic mass is 16.5. The van der Waals surface area contributed by atoms with Gasteiger partial charge in [0.15, 0.2) is 0 Å². The van der Waals surface area contributed by atoms with E-state index in [0.717, 1.165) is 0 Å². The zero-order valence-corrected chi connectivity index (χ0v) is 10.0. The molecule has 1 aliphatic heterocycles. The second-order valence-electron chi connectivity index (χ2n) is 4.64. The fraction of sp³-hybridized carbons (Fsp3) is 0.818. The first-order valence-electron chi connectivity index (χ1n) is 5.42. The number of carboxylic acid groups (broad SMARTS) is 1. The summed E-state index contributed by atoms with van der Waals surface area (Å²) in [5, 5.41) is 9.16. The minimum absolute atomic E-state index is 0.0171. The molecule has 0 aromatic carbocycles. The normalized spacial score (nSPS) is 29.4. The van der Waals surface area contributed by atoms with Crippen molar-refractivity contribution in [1.82, 2.24) is 4.90 Å². The van der Waals surface area contributed by atoms with Crippen molar-refractivity contribution >= 4 is 11.9 Å². The Hall–Kier alpha value is -1.10. The summed E-state index contributed by atoms with van der Waals surface area (Å²) >= 11 is 0. The summed E-state index contributed by atoms with van der Waals surface area (Å²) in [4.78, 5) is 24.5. The van der Waals surface area contributed by atoms with E-state index >= 15 is 0 Å². The number of aliphatic carboxylic acids is 1. The Kier molecular flexibility index (Phi) is 3.91. The predicted molar refractivity (Wildman–Crippen MR) is 58.0 cm³/mol. The standard InChI is InChI=1S/C11H19NO4/c1-8-6-12(9(13)4-5-16-3)7-11(8,2)10(14)15/h8H,4-7H2,1-3H3,(H,14,15)/t8-,11-/m1/s1. The van der Waals surface area contributed by atoms with Gasteiger partial charge in [-0.05, 0) is 12.8 Å². The second-order valence-corrected chi connectivity index (χ2v) is 4.64. The largest absolute Gasteiger partial charge is 0.481 e. The van der Waals surface area contributed by atoms with Gasteiger partial charge in [0.1, 0.15) is 0 Å². The van der Waals surface area contributed by atoms with Gasteiger partial charge in [-0.15, -0.1) is 0 Å². The van der Waals surface area contributed by atoms with Crippen molar-refractivity contribution in [3.05, 3.63) is 0 Å². The van der Waals surface area contributed by atoms with Crippen LogP contribution >= 0.6 is 0 Å². The summed E-state index contributed by atoms with van der Waals surface area (Å²) in [6.07, 6.45) is 0.318. The van der Waals surface area contributed by atoms with E-state index in [1.54, 1.807) is 18.9 Å². The van der Waals surface area contributed by atoms with E-state index in [1.165, 1.54) is 0 Å². The van der Waals surface area contributed by atoms with Gasteiger partial charge in [0, 0.05) is 20.2 Å². The third kappa shape index (κ3) is 2.35. The fourth-order valence-electron chi connectivity index (χ4n) is 1.96. The van der Waals surface area contributed by atoms with Crippen LogP contribution in [0.2, 0.25) is 0 Å². The van der Waals surface area contributed by atoms with Crippen LogP contribution in [0.15, 0.2) is 0 Å². The summed E-state index contributed by atoms with van der Waals surface area (Å²) in [5.74, 6) is -0.878. The minimum atomic E-state index is -0.831. The molecule has 2 atom stereocenters. The summed E-state index contributed by atoms with van der Waals surface area (Å²) < 4.78 is 4.83. The Morgan fingerprint density at radius 1 is 1.56 bits per heavy atom. The average Bonchev–Trinajstić information content (AvgIpc) is 2.53. The number of carbonyl (C=O) groups is 2. The van der Waals surface area contributed by atoms with Gasteiger partial charge in [-0.2, -0.15) is 0 Å². The number of rotatable bonds is 4. The molecule has 0 aliphatic carbocycles. The maximum Gasteiger partial charge on any atom is 0.311 e. The van der Waals surface area contributed by atoms with Crippen molar-refractivity contribution in [3.63, 3.8) is 0 Å². The molecule has 1 fully saturated rings. The van der Waals surface area contributed by atoms with Gasteiger partial charge in [0.2, 0.25) is 5.91 Å². The Labute approximate surface area is 95.4 Å². The number of amides is 1. The highest BCUT2D eigenvalue weighted by molar-refractivity contribution is 5.80. The Morgan fingerprint density at radius 2 is 2.19 bits per heavy atom. The summed E-state index contributed by atoms with van der Waals surface area (Å²) in [7, 11) is 1.54. The zero-order chi connectivity index (χ0) is 12.3. The molecule has 0 radical (unpaired) electrons. The Bertz CT molecular complexity index is 292. The number of nitrogens with zero attached hydrogens (tertiary/aromatic N) is 1. The molecule has 0 aromatic heterocycles. The number of hydrogen-bond donors (Lipinski definition) is 1. The molecule has 0 bridgehead atoms. The van der Waals surface area contributed by atoms with E-state index < -0.39 is 11.4 Å². The van der Waals surface area contributed by atoms with Crippen LogP contribution in [-0.4, -0.2) is 48.7 Å². The molecule has 1 amide bonds. The number of likely N-dealkylation sites (tertiary alicyclic amines) is 1. The van der Waals surface area contributed by atoms with E-state index in [2.05, 4.69) is 0 Å². The topological polar surface area (TPSA) is 66.8 Å². The van der Waals surface area contributed by atoms with Gasteiger partial charge in [0.05, 0.1) is 18.4 Å². The van der Waals surface area contributed by atoms with Crippen LogP contribution < -0.4 is 0 Å².